The highest BCUT2D eigenvalue weighted by molar-refractivity contribution is 5.94. The Morgan fingerprint density at radius 1 is 0.938 bits per heavy atom. The van der Waals surface area contributed by atoms with E-state index in [0.717, 1.165) is 19.6 Å². The molecule has 2 rings (SSSR count). The Hall–Kier alpha value is -3.06. The summed E-state index contributed by atoms with van der Waals surface area (Å²) in [5, 5.41) is 2.92. The standard InChI is InChI=1S/C25H34N2O5/c1-5-27(6-2)15-17-32-22-11-8-7-10-21(22)26-25(29)12-9-16-31-23-14-13-20(19(3)28)18-24(23)30-4/h7-8,10-11,13-14,18H,5-6,9,12,15-17H2,1-4H3,(H,26,29). The number of hydrogen-bond donors (Lipinski definition) is 1. The van der Waals surface area contributed by atoms with Gasteiger partial charge in [-0.15, -0.1) is 0 Å². The van der Waals surface area contributed by atoms with Crippen LogP contribution in [0, 0.1) is 0 Å². The largest absolute Gasteiger partial charge is 0.493 e. The number of benzene rings is 2. The van der Waals surface area contributed by atoms with Crippen LogP contribution >= 0.6 is 0 Å². The number of para-hydroxylation sites is 2. The molecule has 0 saturated carbocycles. The number of rotatable bonds is 14. The van der Waals surface area contributed by atoms with Crippen LogP contribution in [-0.2, 0) is 4.79 Å². The van der Waals surface area contributed by atoms with Crippen molar-refractivity contribution in [1.82, 2.24) is 4.90 Å². The number of ketones is 1. The Kier molecular flexibility index (Phi) is 10.5. The molecular formula is C25H34N2O5. The van der Waals surface area contributed by atoms with E-state index in [4.69, 9.17) is 14.2 Å². The second-order valence-electron chi connectivity index (χ2n) is 7.29. The van der Waals surface area contributed by atoms with Crippen LogP contribution in [0.25, 0.3) is 0 Å². The SMILES string of the molecule is CCN(CC)CCOc1ccccc1NC(=O)CCCOc1ccc(C(C)=O)cc1OC. The zero-order chi connectivity index (χ0) is 23.3. The molecule has 0 spiro atoms. The number of nitrogens with one attached hydrogen (secondary N) is 1. The average Bonchev–Trinajstić information content (AvgIpc) is 2.80. The zero-order valence-corrected chi connectivity index (χ0v) is 19.5. The monoisotopic (exact) mass is 442 g/mol. The lowest BCUT2D eigenvalue weighted by Crippen LogP contribution is -2.28. The van der Waals surface area contributed by atoms with Gasteiger partial charge in [-0.25, -0.2) is 0 Å². The maximum absolute atomic E-state index is 12.4. The summed E-state index contributed by atoms with van der Waals surface area (Å²) >= 11 is 0. The summed E-state index contributed by atoms with van der Waals surface area (Å²) in [5.74, 6) is 1.57. The second-order valence-corrected chi connectivity index (χ2v) is 7.29. The molecule has 0 bridgehead atoms. The summed E-state index contributed by atoms with van der Waals surface area (Å²) < 4.78 is 16.9. The molecule has 7 nitrogen and oxygen atoms in total. The predicted molar refractivity (Wildman–Crippen MR) is 126 cm³/mol. The lowest BCUT2D eigenvalue weighted by atomic mass is 10.1. The Bertz CT molecular complexity index is 880. The molecule has 0 heterocycles. The van der Waals surface area contributed by atoms with E-state index >= 15 is 0 Å². The van der Waals surface area contributed by atoms with Crippen molar-refractivity contribution < 1.29 is 23.8 Å². The lowest BCUT2D eigenvalue weighted by molar-refractivity contribution is -0.116. The number of methoxy groups -OCH3 is 1. The van der Waals surface area contributed by atoms with E-state index in [-0.39, 0.29) is 11.7 Å². The van der Waals surface area contributed by atoms with Gasteiger partial charge in [0.1, 0.15) is 12.4 Å². The number of carbonyl (C=O) groups is 2. The van der Waals surface area contributed by atoms with E-state index in [9.17, 15) is 9.59 Å². The molecule has 174 valence electrons. The molecular weight excluding hydrogens is 408 g/mol. The van der Waals surface area contributed by atoms with Crippen LogP contribution in [0.3, 0.4) is 0 Å². The molecule has 0 radical (unpaired) electrons. The van der Waals surface area contributed by atoms with E-state index < -0.39 is 0 Å². The summed E-state index contributed by atoms with van der Waals surface area (Å²) in [7, 11) is 1.53. The Morgan fingerprint density at radius 3 is 2.34 bits per heavy atom. The molecule has 7 heteroatoms. The first-order valence-electron chi connectivity index (χ1n) is 11.0. The van der Waals surface area contributed by atoms with Gasteiger partial charge in [0.15, 0.2) is 17.3 Å². The normalized spacial score (nSPS) is 10.7. The predicted octanol–water partition coefficient (Wildman–Crippen LogP) is 4.42. The van der Waals surface area contributed by atoms with Crippen LogP contribution in [0.15, 0.2) is 42.5 Å². The van der Waals surface area contributed by atoms with Crippen LogP contribution in [0.2, 0.25) is 0 Å². The molecule has 1 amide bonds. The van der Waals surface area contributed by atoms with Crippen LogP contribution in [0.1, 0.15) is 44.0 Å². The van der Waals surface area contributed by atoms with Gasteiger partial charge in [-0.05, 0) is 56.8 Å². The summed E-state index contributed by atoms with van der Waals surface area (Å²) in [5.41, 5.74) is 1.23. The minimum Gasteiger partial charge on any atom is -0.493 e. The molecule has 32 heavy (non-hydrogen) atoms. The Labute approximate surface area is 190 Å². The lowest BCUT2D eigenvalue weighted by Gasteiger charge is -2.19. The number of likely N-dealkylation sites (N-methyl/N-ethyl adjacent to an activating group) is 1. The minimum atomic E-state index is -0.104. The third-order valence-corrected chi connectivity index (χ3v) is 5.10. The van der Waals surface area contributed by atoms with Gasteiger partial charge in [-0.2, -0.15) is 0 Å². The van der Waals surface area contributed by atoms with Crippen molar-refractivity contribution in [3.8, 4) is 17.2 Å². The molecule has 0 aliphatic heterocycles. The fourth-order valence-corrected chi connectivity index (χ4v) is 3.15. The molecule has 2 aromatic rings. The summed E-state index contributed by atoms with van der Waals surface area (Å²) in [6, 6.07) is 12.5. The van der Waals surface area contributed by atoms with E-state index in [1.54, 1.807) is 18.2 Å². The number of nitrogens with zero attached hydrogens (tertiary/aromatic N) is 1. The van der Waals surface area contributed by atoms with Crippen LogP contribution in [0.4, 0.5) is 5.69 Å². The maximum atomic E-state index is 12.4. The van der Waals surface area contributed by atoms with Gasteiger partial charge >= 0.3 is 0 Å². The van der Waals surface area contributed by atoms with Gasteiger partial charge in [0.2, 0.25) is 5.91 Å². The highest BCUT2D eigenvalue weighted by Gasteiger charge is 2.11. The fraction of sp³-hybridized carbons (Fsp3) is 0.440. The third kappa shape index (κ3) is 7.89. The summed E-state index contributed by atoms with van der Waals surface area (Å²) in [6.45, 7) is 9.46. The van der Waals surface area contributed by atoms with Crippen molar-refractivity contribution in [3.63, 3.8) is 0 Å². The smallest absolute Gasteiger partial charge is 0.224 e. The van der Waals surface area contributed by atoms with E-state index in [1.165, 1.54) is 14.0 Å². The molecule has 0 aromatic heterocycles. The number of ether oxygens (including phenoxy) is 3. The quantitative estimate of drug-likeness (QED) is 0.345. The number of Topliss-reactive ketones (excluding diaryl/α,β-unsaturated/α-hetero) is 1. The van der Waals surface area contributed by atoms with Gasteiger partial charge in [0.05, 0.1) is 19.4 Å². The highest BCUT2D eigenvalue weighted by Crippen LogP contribution is 2.28. The van der Waals surface area contributed by atoms with Crippen molar-refractivity contribution in [1.29, 1.82) is 0 Å². The Morgan fingerprint density at radius 2 is 1.66 bits per heavy atom. The summed E-state index contributed by atoms with van der Waals surface area (Å²) in [6.07, 6.45) is 0.843. The van der Waals surface area contributed by atoms with Crippen molar-refractivity contribution in [2.24, 2.45) is 0 Å². The molecule has 0 saturated heterocycles. The fourth-order valence-electron chi connectivity index (χ4n) is 3.15. The number of anilines is 1. The van der Waals surface area contributed by atoms with Crippen LogP contribution in [0.5, 0.6) is 17.2 Å². The van der Waals surface area contributed by atoms with Crippen LogP contribution < -0.4 is 19.5 Å². The van der Waals surface area contributed by atoms with E-state index in [2.05, 4.69) is 24.1 Å². The van der Waals surface area contributed by atoms with E-state index in [0.29, 0.717) is 54.6 Å². The number of amides is 1. The van der Waals surface area contributed by atoms with Crippen LogP contribution in [-0.4, -0.2) is 56.5 Å². The molecule has 0 atom stereocenters. The first kappa shape index (κ1) is 25.2. The minimum absolute atomic E-state index is 0.0381. The van der Waals surface area contributed by atoms with Crippen molar-refractivity contribution in [2.45, 2.75) is 33.6 Å². The van der Waals surface area contributed by atoms with Crippen molar-refractivity contribution in [3.05, 3.63) is 48.0 Å². The highest BCUT2D eigenvalue weighted by atomic mass is 16.5. The van der Waals surface area contributed by atoms with Gasteiger partial charge < -0.3 is 24.4 Å². The molecule has 1 N–H and O–H groups in total. The van der Waals surface area contributed by atoms with Crippen molar-refractivity contribution in [2.75, 3.05) is 45.3 Å². The van der Waals surface area contributed by atoms with E-state index in [1.807, 2.05) is 24.3 Å². The summed E-state index contributed by atoms with van der Waals surface area (Å²) in [4.78, 5) is 26.2. The average molecular weight is 443 g/mol. The molecule has 0 aliphatic carbocycles. The molecule has 0 unspecified atom stereocenters. The first-order valence-corrected chi connectivity index (χ1v) is 11.0. The topological polar surface area (TPSA) is 77.1 Å². The van der Waals surface area contributed by atoms with Gasteiger partial charge in [0, 0.05) is 18.5 Å². The molecule has 0 aliphatic rings. The van der Waals surface area contributed by atoms with Gasteiger partial charge in [-0.1, -0.05) is 26.0 Å². The van der Waals surface area contributed by atoms with Crippen molar-refractivity contribution >= 4 is 17.4 Å². The number of hydrogen-bond acceptors (Lipinski definition) is 6. The maximum Gasteiger partial charge on any atom is 0.224 e. The van der Waals surface area contributed by atoms with Gasteiger partial charge in [0.25, 0.3) is 0 Å². The third-order valence-electron chi connectivity index (χ3n) is 5.10. The van der Waals surface area contributed by atoms with Gasteiger partial charge in [-0.3, -0.25) is 9.59 Å². The second kappa shape index (κ2) is 13.4. The first-order chi connectivity index (χ1) is 15.5. The number of carbonyl (C=O) groups excluding carboxylic acids is 2. The molecule has 0 fully saturated rings. The zero-order valence-electron chi connectivity index (χ0n) is 19.5. The Balaban J connectivity index is 1.81. The molecule has 2 aromatic carbocycles.